The fraction of sp³-hybridized carbons (Fsp3) is 0.429. The van der Waals surface area contributed by atoms with E-state index in [2.05, 4.69) is 10.3 Å². The van der Waals surface area contributed by atoms with Gasteiger partial charge in [-0.15, -0.1) is 11.3 Å². The third-order valence-electron chi connectivity index (χ3n) is 3.82. The van der Waals surface area contributed by atoms with Gasteiger partial charge in [0, 0.05) is 45.3 Å². The largest absolute Gasteiger partial charge is 0.336 e. The van der Waals surface area contributed by atoms with Crippen molar-refractivity contribution in [2.75, 3.05) is 25.9 Å². The molecular weight excluding hydrogens is 336 g/mol. The van der Waals surface area contributed by atoms with Crippen LogP contribution < -0.4 is 5.32 Å². The van der Waals surface area contributed by atoms with Gasteiger partial charge >= 0.3 is 0 Å². The zero-order chi connectivity index (χ0) is 16.6. The predicted molar refractivity (Wildman–Crippen MR) is 87.3 cm³/mol. The second kappa shape index (κ2) is 6.06. The summed E-state index contributed by atoms with van der Waals surface area (Å²) in [6, 6.07) is 2.91. The maximum Gasteiger partial charge on any atom is 0.264 e. The molecule has 1 amide bonds. The molecule has 0 bridgehead atoms. The summed E-state index contributed by atoms with van der Waals surface area (Å²) < 4.78 is 25.3. The van der Waals surface area contributed by atoms with Gasteiger partial charge in [-0.2, -0.15) is 0 Å². The molecule has 7 nitrogen and oxygen atoms in total. The SMILES string of the molecule is Cn1ccnc1C1CNCCN1C(=O)c1ccc(S(C)(=O)=O)s1. The number of imidazole rings is 1. The highest BCUT2D eigenvalue weighted by molar-refractivity contribution is 7.92. The van der Waals surface area contributed by atoms with E-state index >= 15 is 0 Å². The van der Waals surface area contributed by atoms with Gasteiger partial charge in [-0.25, -0.2) is 13.4 Å². The lowest BCUT2D eigenvalue weighted by molar-refractivity contribution is 0.0626. The van der Waals surface area contributed by atoms with E-state index < -0.39 is 9.84 Å². The molecule has 1 N–H and O–H groups in total. The summed E-state index contributed by atoms with van der Waals surface area (Å²) in [7, 11) is -1.40. The third kappa shape index (κ3) is 3.17. The minimum atomic E-state index is -3.29. The first kappa shape index (κ1) is 16.2. The van der Waals surface area contributed by atoms with Crippen molar-refractivity contribution in [3.8, 4) is 0 Å². The Kier molecular flexibility index (Phi) is 4.26. The number of aryl methyl sites for hydroxylation is 1. The van der Waals surface area contributed by atoms with E-state index in [1.807, 2.05) is 17.8 Å². The van der Waals surface area contributed by atoms with Crippen molar-refractivity contribution in [3.05, 3.63) is 35.2 Å². The molecule has 0 aliphatic carbocycles. The minimum Gasteiger partial charge on any atom is -0.336 e. The Labute approximate surface area is 138 Å². The molecule has 0 saturated carbocycles. The molecule has 9 heteroatoms. The van der Waals surface area contributed by atoms with Crippen LogP contribution in [0, 0.1) is 0 Å². The van der Waals surface area contributed by atoms with Gasteiger partial charge in [0.15, 0.2) is 9.84 Å². The molecular formula is C14H18N4O3S2. The zero-order valence-corrected chi connectivity index (χ0v) is 14.5. The molecule has 1 fully saturated rings. The van der Waals surface area contributed by atoms with Crippen LogP contribution in [0.2, 0.25) is 0 Å². The molecule has 124 valence electrons. The number of sulfone groups is 1. The number of rotatable bonds is 3. The number of hydrogen-bond acceptors (Lipinski definition) is 6. The number of hydrogen-bond donors (Lipinski definition) is 1. The Morgan fingerprint density at radius 3 is 2.83 bits per heavy atom. The summed E-state index contributed by atoms with van der Waals surface area (Å²) in [5, 5.41) is 3.28. The average molecular weight is 354 g/mol. The van der Waals surface area contributed by atoms with Crippen molar-refractivity contribution in [1.82, 2.24) is 19.8 Å². The van der Waals surface area contributed by atoms with Gasteiger partial charge in [0.2, 0.25) is 0 Å². The van der Waals surface area contributed by atoms with Gasteiger partial charge < -0.3 is 14.8 Å². The van der Waals surface area contributed by atoms with E-state index in [-0.39, 0.29) is 16.2 Å². The first-order valence-electron chi connectivity index (χ1n) is 7.16. The number of nitrogens with one attached hydrogen (secondary N) is 1. The van der Waals surface area contributed by atoms with Gasteiger partial charge in [-0.1, -0.05) is 0 Å². The summed E-state index contributed by atoms with van der Waals surface area (Å²) in [6.07, 6.45) is 4.70. The lowest BCUT2D eigenvalue weighted by Crippen LogP contribution is -2.49. The Hall–Kier alpha value is -1.71. The molecule has 1 atom stereocenters. The van der Waals surface area contributed by atoms with Crippen molar-refractivity contribution in [2.45, 2.75) is 10.3 Å². The van der Waals surface area contributed by atoms with Crippen LogP contribution >= 0.6 is 11.3 Å². The normalized spacial score (nSPS) is 19.0. The lowest BCUT2D eigenvalue weighted by Gasteiger charge is -2.35. The van der Waals surface area contributed by atoms with Gasteiger partial charge in [-0.05, 0) is 12.1 Å². The van der Waals surface area contributed by atoms with Crippen LogP contribution in [-0.2, 0) is 16.9 Å². The highest BCUT2D eigenvalue weighted by atomic mass is 32.2. The highest BCUT2D eigenvalue weighted by Crippen LogP contribution is 2.27. The standard InChI is InChI=1S/C14H18N4O3S2/c1-17-7-6-16-13(17)10-9-15-5-8-18(10)14(19)11-3-4-12(22-11)23(2,20)21/h3-4,6-7,10,15H,5,8-9H2,1-2H3. The van der Waals surface area contributed by atoms with Gasteiger partial charge in [0.1, 0.15) is 16.1 Å². The van der Waals surface area contributed by atoms with Crippen LogP contribution in [0.15, 0.2) is 28.7 Å². The topological polar surface area (TPSA) is 84.3 Å². The number of amides is 1. The van der Waals surface area contributed by atoms with Crippen molar-refractivity contribution in [2.24, 2.45) is 7.05 Å². The molecule has 0 aromatic carbocycles. The molecule has 2 aromatic heterocycles. The van der Waals surface area contributed by atoms with Gasteiger partial charge in [0.05, 0.1) is 4.88 Å². The first-order chi connectivity index (χ1) is 10.9. The molecule has 1 saturated heterocycles. The fourth-order valence-electron chi connectivity index (χ4n) is 2.65. The lowest BCUT2D eigenvalue weighted by atomic mass is 10.1. The highest BCUT2D eigenvalue weighted by Gasteiger charge is 2.32. The van der Waals surface area contributed by atoms with Crippen LogP contribution in [0.3, 0.4) is 0 Å². The van der Waals surface area contributed by atoms with Crippen LogP contribution in [-0.4, -0.2) is 54.7 Å². The Bertz CT molecular complexity index is 825. The Morgan fingerprint density at radius 1 is 1.43 bits per heavy atom. The van der Waals surface area contributed by atoms with Crippen LogP contribution in [0.1, 0.15) is 21.5 Å². The smallest absolute Gasteiger partial charge is 0.264 e. The number of nitrogens with zero attached hydrogens (tertiary/aromatic N) is 3. The Morgan fingerprint density at radius 2 is 2.22 bits per heavy atom. The molecule has 23 heavy (non-hydrogen) atoms. The third-order valence-corrected chi connectivity index (χ3v) is 6.71. The van der Waals surface area contributed by atoms with E-state index in [1.54, 1.807) is 17.2 Å². The van der Waals surface area contributed by atoms with Crippen molar-refractivity contribution in [3.63, 3.8) is 0 Å². The number of carbonyl (C=O) groups is 1. The van der Waals surface area contributed by atoms with Crippen molar-refractivity contribution >= 4 is 27.1 Å². The summed E-state index contributed by atoms with van der Waals surface area (Å²) in [5.41, 5.74) is 0. The zero-order valence-electron chi connectivity index (χ0n) is 12.9. The minimum absolute atomic E-state index is 0.153. The summed E-state index contributed by atoms with van der Waals surface area (Å²) in [4.78, 5) is 19.4. The molecule has 0 radical (unpaired) electrons. The van der Waals surface area contributed by atoms with Crippen molar-refractivity contribution < 1.29 is 13.2 Å². The number of piperazine rings is 1. The molecule has 1 aliphatic heterocycles. The van der Waals surface area contributed by atoms with Crippen LogP contribution in [0.5, 0.6) is 0 Å². The molecule has 3 rings (SSSR count). The average Bonchev–Trinajstić information content (AvgIpc) is 3.15. The van der Waals surface area contributed by atoms with E-state index in [1.165, 1.54) is 6.07 Å². The van der Waals surface area contributed by atoms with Crippen LogP contribution in [0.25, 0.3) is 0 Å². The molecule has 1 unspecified atom stereocenters. The predicted octanol–water partition coefficient (Wildman–Crippen LogP) is 0.672. The van der Waals surface area contributed by atoms with E-state index in [0.717, 1.165) is 23.4 Å². The summed E-state index contributed by atoms with van der Waals surface area (Å²) in [6.45, 7) is 1.89. The van der Waals surface area contributed by atoms with Gasteiger partial charge in [-0.3, -0.25) is 4.79 Å². The quantitative estimate of drug-likeness (QED) is 0.876. The molecule has 0 spiro atoms. The van der Waals surface area contributed by atoms with E-state index in [4.69, 9.17) is 0 Å². The molecule has 2 aromatic rings. The van der Waals surface area contributed by atoms with Crippen molar-refractivity contribution in [1.29, 1.82) is 0 Å². The van der Waals surface area contributed by atoms with Crippen LogP contribution in [0.4, 0.5) is 0 Å². The fourth-order valence-corrected chi connectivity index (χ4v) is 4.54. The maximum absolute atomic E-state index is 12.8. The Balaban J connectivity index is 1.90. The number of aromatic nitrogens is 2. The molecule has 3 heterocycles. The maximum atomic E-state index is 12.8. The van der Waals surface area contributed by atoms with E-state index in [9.17, 15) is 13.2 Å². The summed E-state index contributed by atoms with van der Waals surface area (Å²) >= 11 is 1.02. The monoisotopic (exact) mass is 354 g/mol. The summed E-state index contributed by atoms with van der Waals surface area (Å²) in [5.74, 6) is 0.657. The number of carbonyl (C=O) groups excluding carboxylic acids is 1. The number of thiophene rings is 1. The second-order valence-electron chi connectivity index (χ2n) is 5.51. The second-order valence-corrected chi connectivity index (χ2v) is 8.83. The van der Waals surface area contributed by atoms with Gasteiger partial charge in [0.25, 0.3) is 5.91 Å². The molecule has 1 aliphatic rings. The van der Waals surface area contributed by atoms with E-state index in [0.29, 0.717) is 24.5 Å². The first-order valence-corrected chi connectivity index (χ1v) is 9.87.